The van der Waals surface area contributed by atoms with Crippen molar-refractivity contribution in [1.82, 2.24) is 15.1 Å². The summed E-state index contributed by atoms with van der Waals surface area (Å²) in [6.45, 7) is 6.65. The molecule has 24 heavy (non-hydrogen) atoms. The fraction of sp³-hybridized carbons (Fsp3) is 0.588. The minimum atomic E-state index is -0.129. The van der Waals surface area contributed by atoms with Crippen LogP contribution in [0.5, 0.6) is 0 Å². The number of methoxy groups -OCH3 is 1. The van der Waals surface area contributed by atoms with Crippen molar-refractivity contribution < 1.29 is 9.53 Å². The van der Waals surface area contributed by atoms with Gasteiger partial charge in [0, 0.05) is 39.2 Å². The maximum absolute atomic E-state index is 12.1. The fourth-order valence-electron chi connectivity index (χ4n) is 2.93. The summed E-state index contributed by atoms with van der Waals surface area (Å²) in [4.78, 5) is 26.1. The molecule has 1 aromatic rings. The molecule has 1 atom stereocenters. The van der Waals surface area contributed by atoms with Crippen LogP contribution in [0, 0.1) is 5.92 Å². The van der Waals surface area contributed by atoms with Crippen LogP contribution in [0.15, 0.2) is 29.7 Å². The number of nitrogens with zero attached hydrogens (tertiary/aromatic N) is 3. The third-order valence-electron chi connectivity index (χ3n) is 4.16. The van der Waals surface area contributed by atoms with Crippen LogP contribution in [0.25, 0.3) is 0 Å². The van der Waals surface area contributed by atoms with E-state index in [2.05, 4.69) is 21.9 Å². The van der Waals surface area contributed by atoms with Gasteiger partial charge in [-0.05, 0) is 18.8 Å². The van der Waals surface area contributed by atoms with Crippen LogP contribution in [0.4, 0.5) is 5.69 Å². The van der Waals surface area contributed by atoms with E-state index < -0.39 is 0 Å². The summed E-state index contributed by atoms with van der Waals surface area (Å²) in [6.07, 6.45) is 5.93. The summed E-state index contributed by atoms with van der Waals surface area (Å²) in [6, 6.07) is 1.61. The third-order valence-corrected chi connectivity index (χ3v) is 4.16. The van der Waals surface area contributed by atoms with E-state index in [0.717, 1.165) is 31.6 Å². The molecule has 132 valence electrons. The standard InChI is InChI=1S/C17H26N4O3/c1-3-6-18-16(22)10-14-5-4-7-20(13-14)15-11-17(23)21(19-12-15)8-9-24-2/h3,11-12,14H,1,4-10,13H2,2H3,(H,18,22). The predicted octanol–water partition coefficient (Wildman–Crippen LogP) is 0.798. The summed E-state index contributed by atoms with van der Waals surface area (Å²) >= 11 is 0. The lowest BCUT2D eigenvalue weighted by Crippen LogP contribution is -2.39. The molecule has 0 aliphatic carbocycles. The van der Waals surface area contributed by atoms with Gasteiger partial charge in [0.05, 0.1) is 25.0 Å². The van der Waals surface area contributed by atoms with E-state index in [0.29, 0.717) is 32.0 Å². The number of piperidine rings is 1. The number of hydrogen-bond donors (Lipinski definition) is 1. The Kier molecular flexibility index (Phi) is 6.99. The van der Waals surface area contributed by atoms with Crippen molar-refractivity contribution in [3.8, 4) is 0 Å². The Morgan fingerprint density at radius 3 is 3.12 bits per heavy atom. The van der Waals surface area contributed by atoms with Crippen LogP contribution >= 0.6 is 0 Å². The van der Waals surface area contributed by atoms with E-state index in [1.54, 1.807) is 25.4 Å². The maximum Gasteiger partial charge on any atom is 0.268 e. The molecule has 1 aliphatic heterocycles. The molecular formula is C17H26N4O3. The number of hydrogen-bond acceptors (Lipinski definition) is 5. The second kappa shape index (κ2) is 9.22. The second-order valence-corrected chi connectivity index (χ2v) is 6.02. The number of anilines is 1. The van der Waals surface area contributed by atoms with Crippen molar-refractivity contribution in [2.45, 2.75) is 25.8 Å². The van der Waals surface area contributed by atoms with E-state index >= 15 is 0 Å². The molecule has 1 saturated heterocycles. The first-order valence-corrected chi connectivity index (χ1v) is 8.32. The molecule has 1 aliphatic rings. The average molecular weight is 334 g/mol. The Bertz CT molecular complexity index is 614. The van der Waals surface area contributed by atoms with Crippen molar-refractivity contribution in [1.29, 1.82) is 0 Å². The number of rotatable bonds is 8. The lowest BCUT2D eigenvalue weighted by atomic mass is 9.94. The smallest absolute Gasteiger partial charge is 0.268 e. The molecule has 0 saturated carbocycles. The van der Waals surface area contributed by atoms with Crippen molar-refractivity contribution in [3.05, 3.63) is 35.3 Å². The highest BCUT2D eigenvalue weighted by molar-refractivity contribution is 5.76. The zero-order valence-electron chi connectivity index (χ0n) is 14.2. The Morgan fingerprint density at radius 1 is 1.58 bits per heavy atom. The second-order valence-electron chi connectivity index (χ2n) is 6.02. The van der Waals surface area contributed by atoms with Gasteiger partial charge in [-0.25, -0.2) is 4.68 Å². The number of ether oxygens (including phenoxy) is 1. The molecule has 0 bridgehead atoms. The van der Waals surface area contributed by atoms with Crippen LogP contribution < -0.4 is 15.8 Å². The molecule has 0 spiro atoms. The van der Waals surface area contributed by atoms with Crippen LogP contribution in [-0.2, 0) is 16.1 Å². The van der Waals surface area contributed by atoms with Crippen LogP contribution in [0.2, 0.25) is 0 Å². The Morgan fingerprint density at radius 2 is 2.42 bits per heavy atom. The summed E-state index contributed by atoms with van der Waals surface area (Å²) < 4.78 is 6.37. The van der Waals surface area contributed by atoms with Crippen LogP contribution in [0.1, 0.15) is 19.3 Å². The van der Waals surface area contributed by atoms with Crippen molar-refractivity contribution in [2.75, 3.05) is 38.3 Å². The highest BCUT2D eigenvalue weighted by Crippen LogP contribution is 2.23. The van der Waals surface area contributed by atoms with Gasteiger partial charge in [-0.1, -0.05) is 6.08 Å². The molecule has 1 amide bonds. The fourth-order valence-corrected chi connectivity index (χ4v) is 2.93. The first-order valence-electron chi connectivity index (χ1n) is 8.32. The number of aromatic nitrogens is 2. The minimum Gasteiger partial charge on any atom is -0.383 e. The summed E-state index contributed by atoms with van der Waals surface area (Å²) in [7, 11) is 1.60. The molecular weight excluding hydrogens is 308 g/mol. The van der Waals surface area contributed by atoms with E-state index in [1.807, 2.05) is 0 Å². The molecule has 2 rings (SSSR count). The summed E-state index contributed by atoms with van der Waals surface area (Å²) in [5, 5.41) is 7.03. The Hall–Kier alpha value is -2.15. The van der Waals surface area contributed by atoms with Crippen molar-refractivity contribution in [2.24, 2.45) is 5.92 Å². The highest BCUT2D eigenvalue weighted by atomic mass is 16.5. The molecule has 0 aromatic carbocycles. The highest BCUT2D eigenvalue weighted by Gasteiger charge is 2.23. The van der Waals surface area contributed by atoms with E-state index in [-0.39, 0.29) is 11.5 Å². The van der Waals surface area contributed by atoms with Crippen LogP contribution in [-0.4, -0.2) is 49.0 Å². The SMILES string of the molecule is C=CCNC(=O)CC1CCCN(c2cnn(CCOC)c(=O)c2)C1. The van der Waals surface area contributed by atoms with Gasteiger partial charge in [-0.2, -0.15) is 5.10 Å². The van der Waals surface area contributed by atoms with E-state index in [1.165, 1.54) is 4.68 Å². The Balaban J connectivity index is 1.96. The third kappa shape index (κ3) is 5.19. The largest absolute Gasteiger partial charge is 0.383 e. The summed E-state index contributed by atoms with van der Waals surface area (Å²) in [5.41, 5.74) is 0.695. The molecule has 1 N–H and O–H groups in total. The molecule has 0 radical (unpaired) electrons. The number of carbonyl (C=O) groups is 1. The molecule has 1 aromatic heterocycles. The van der Waals surface area contributed by atoms with E-state index in [9.17, 15) is 9.59 Å². The molecule has 1 unspecified atom stereocenters. The number of amides is 1. The molecule has 1 fully saturated rings. The number of nitrogens with one attached hydrogen (secondary N) is 1. The normalized spacial score (nSPS) is 17.5. The van der Waals surface area contributed by atoms with Gasteiger partial charge in [0.25, 0.3) is 5.56 Å². The van der Waals surface area contributed by atoms with Gasteiger partial charge < -0.3 is 15.0 Å². The van der Waals surface area contributed by atoms with Gasteiger partial charge in [-0.15, -0.1) is 6.58 Å². The molecule has 2 heterocycles. The van der Waals surface area contributed by atoms with Gasteiger partial charge in [0.15, 0.2) is 0 Å². The average Bonchev–Trinajstić information content (AvgIpc) is 2.59. The van der Waals surface area contributed by atoms with Gasteiger partial charge in [0.2, 0.25) is 5.91 Å². The van der Waals surface area contributed by atoms with Crippen molar-refractivity contribution >= 4 is 11.6 Å². The van der Waals surface area contributed by atoms with E-state index in [4.69, 9.17) is 4.74 Å². The van der Waals surface area contributed by atoms with Gasteiger partial charge in [-0.3, -0.25) is 9.59 Å². The number of carbonyl (C=O) groups excluding carboxylic acids is 1. The predicted molar refractivity (Wildman–Crippen MR) is 93.1 cm³/mol. The topological polar surface area (TPSA) is 76.5 Å². The lowest BCUT2D eigenvalue weighted by molar-refractivity contribution is -0.121. The van der Waals surface area contributed by atoms with Gasteiger partial charge >= 0.3 is 0 Å². The quantitative estimate of drug-likeness (QED) is 0.712. The molecule has 7 heteroatoms. The Labute approximate surface area is 142 Å². The van der Waals surface area contributed by atoms with Gasteiger partial charge in [0.1, 0.15) is 0 Å². The summed E-state index contributed by atoms with van der Waals surface area (Å²) in [5.74, 6) is 0.342. The monoisotopic (exact) mass is 334 g/mol. The van der Waals surface area contributed by atoms with Crippen molar-refractivity contribution in [3.63, 3.8) is 0 Å². The van der Waals surface area contributed by atoms with Crippen LogP contribution in [0.3, 0.4) is 0 Å². The molecule has 7 nitrogen and oxygen atoms in total. The first-order chi connectivity index (χ1) is 11.6. The lowest BCUT2D eigenvalue weighted by Gasteiger charge is -2.33. The minimum absolute atomic E-state index is 0.0508. The maximum atomic E-state index is 12.1. The first kappa shape index (κ1) is 18.2. The zero-order valence-corrected chi connectivity index (χ0v) is 14.2. The zero-order chi connectivity index (χ0) is 17.4.